The monoisotopic (exact) mass is 486 g/mol. The summed E-state index contributed by atoms with van der Waals surface area (Å²) < 4.78 is 5.29. The van der Waals surface area contributed by atoms with Crippen molar-refractivity contribution in [3.05, 3.63) is 95.6 Å². The Balaban J connectivity index is 1.27. The van der Waals surface area contributed by atoms with E-state index < -0.39 is 0 Å². The molecule has 3 aromatic rings. The molecule has 0 spiro atoms. The maximum atomic E-state index is 12.7. The Morgan fingerprint density at radius 2 is 1.58 bits per heavy atom. The van der Waals surface area contributed by atoms with Crippen LogP contribution in [0.15, 0.2) is 78.9 Å². The fourth-order valence-electron chi connectivity index (χ4n) is 3.91. The van der Waals surface area contributed by atoms with Gasteiger partial charge in [-0.2, -0.15) is 0 Å². The van der Waals surface area contributed by atoms with Crippen molar-refractivity contribution in [1.82, 2.24) is 10.2 Å². The zero-order valence-corrected chi connectivity index (χ0v) is 20.2. The Bertz CT molecular complexity index is 1190. The minimum absolute atomic E-state index is 0.0277. The molecule has 0 radical (unpaired) electrons. The highest BCUT2D eigenvalue weighted by Gasteiger charge is 2.18. The highest BCUT2D eigenvalue weighted by molar-refractivity contribution is 5.97. The lowest BCUT2D eigenvalue weighted by Gasteiger charge is -2.26. The molecule has 0 aromatic heterocycles. The highest BCUT2D eigenvalue weighted by atomic mass is 16.5. The number of hydrogen-bond acceptors (Lipinski definition) is 5. The molecule has 36 heavy (non-hydrogen) atoms. The van der Waals surface area contributed by atoms with Crippen LogP contribution in [0.1, 0.15) is 39.2 Å². The smallest absolute Gasteiger partial charge is 0.254 e. The second kappa shape index (κ2) is 12.0. The van der Waals surface area contributed by atoms with E-state index in [0.717, 1.165) is 5.56 Å². The highest BCUT2D eigenvalue weighted by Crippen LogP contribution is 2.16. The lowest BCUT2D eigenvalue weighted by molar-refractivity contribution is -0.114. The van der Waals surface area contributed by atoms with Crippen LogP contribution in [0.5, 0.6) is 0 Å². The van der Waals surface area contributed by atoms with Crippen LogP contribution in [0.4, 0.5) is 11.4 Å². The van der Waals surface area contributed by atoms with E-state index >= 15 is 0 Å². The SMILES string of the molecule is CC(NC(=O)c1cccc(NCC(=O)Nc2ccc(C(=O)N3CCOCC3)cc2)c1)c1ccccc1. The molecule has 0 saturated carbocycles. The van der Waals surface area contributed by atoms with Crippen LogP contribution in [0.3, 0.4) is 0 Å². The Kier molecular flexibility index (Phi) is 8.31. The van der Waals surface area contributed by atoms with Crippen LogP contribution in [0.25, 0.3) is 0 Å². The van der Waals surface area contributed by atoms with E-state index in [1.54, 1.807) is 53.4 Å². The largest absolute Gasteiger partial charge is 0.378 e. The van der Waals surface area contributed by atoms with Gasteiger partial charge in [0.25, 0.3) is 11.8 Å². The average Bonchev–Trinajstić information content (AvgIpc) is 2.93. The van der Waals surface area contributed by atoms with Gasteiger partial charge >= 0.3 is 0 Å². The van der Waals surface area contributed by atoms with E-state index in [1.807, 2.05) is 37.3 Å². The first-order valence-corrected chi connectivity index (χ1v) is 12.0. The molecule has 0 bridgehead atoms. The second-order valence-electron chi connectivity index (χ2n) is 8.57. The Labute approximate surface area is 210 Å². The molecule has 186 valence electrons. The van der Waals surface area contributed by atoms with Crippen LogP contribution in [-0.2, 0) is 9.53 Å². The normalized spacial score (nSPS) is 14.0. The first kappa shape index (κ1) is 24.9. The van der Waals surface area contributed by atoms with Crippen LogP contribution < -0.4 is 16.0 Å². The Morgan fingerprint density at radius 1 is 0.861 bits per heavy atom. The molecular weight excluding hydrogens is 456 g/mol. The Hall–Kier alpha value is -4.17. The van der Waals surface area contributed by atoms with Gasteiger partial charge in [0.1, 0.15) is 0 Å². The third kappa shape index (κ3) is 6.70. The maximum Gasteiger partial charge on any atom is 0.254 e. The van der Waals surface area contributed by atoms with Gasteiger partial charge in [-0.25, -0.2) is 0 Å². The van der Waals surface area contributed by atoms with Crippen LogP contribution in [-0.4, -0.2) is 55.5 Å². The minimum atomic E-state index is -0.241. The number of hydrogen-bond donors (Lipinski definition) is 3. The third-order valence-electron chi connectivity index (χ3n) is 5.94. The van der Waals surface area contributed by atoms with Crippen LogP contribution in [0, 0.1) is 0 Å². The molecule has 3 amide bonds. The van der Waals surface area contributed by atoms with Crippen LogP contribution in [0.2, 0.25) is 0 Å². The van der Waals surface area contributed by atoms with Gasteiger partial charge in [0.05, 0.1) is 25.8 Å². The van der Waals surface area contributed by atoms with E-state index in [-0.39, 0.29) is 30.3 Å². The summed E-state index contributed by atoms with van der Waals surface area (Å²) in [5, 5.41) is 8.86. The number of benzene rings is 3. The molecular formula is C28H30N4O4. The van der Waals surface area contributed by atoms with E-state index in [2.05, 4.69) is 16.0 Å². The van der Waals surface area contributed by atoms with Gasteiger partial charge in [0, 0.05) is 35.6 Å². The molecule has 1 saturated heterocycles. The van der Waals surface area contributed by atoms with E-state index in [9.17, 15) is 14.4 Å². The van der Waals surface area contributed by atoms with Crippen LogP contribution >= 0.6 is 0 Å². The number of carbonyl (C=O) groups is 3. The number of morpholine rings is 1. The predicted molar refractivity (Wildman–Crippen MR) is 139 cm³/mol. The van der Waals surface area contributed by atoms with Crippen molar-refractivity contribution in [2.75, 3.05) is 43.5 Å². The van der Waals surface area contributed by atoms with Gasteiger partial charge in [0.15, 0.2) is 0 Å². The van der Waals surface area contributed by atoms with Crippen molar-refractivity contribution in [3.63, 3.8) is 0 Å². The topological polar surface area (TPSA) is 99.8 Å². The molecule has 1 unspecified atom stereocenters. The van der Waals surface area contributed by atoms with Gasteiger partial charge < -0.3 is 25.6 Å². The van der Waals surface area contributed by atoms with Gasteiger partial charge in [0.2, 0.25) is 5.91 Å². The molecule has 1 fully saturated rings. The van der Waals surface area contributed by atoms with E-state index in [1.165, 1.54) is 0 Å². The summed E-state index contributed by atoms with van der Waals surface area (Å²) in [5.74, 6) is -0.471. The van der Waals surface area contributed by atoms with E-state index in [4.69, 9.17) is 4.74 Å². The summed E-state index contributed by atoms with van der Waals surface area (Å²) in [6, 6.07) is 23.5. The lowest BCUT2D eigenvalue weighted by Crippen LogP contribution is -2.40. The zero-order valence-electron chi connectivity index (χ0n) is 20.2. The molecule has 1 heterocycles. The fourth-order valence-corrected chi connectivity index (χ4v) is 3.91. The predicted octanol–water partition coefficient (Wildman–Crippen LogP) is 3.70. The molecule has 8 heteroatoms. The number of amides is 3. The molecule has 0 aliphatic carbocycles. The fraction of sp³-hybridized carbons (Fsp3) is 0.250. The van der Waals surface area contributed by atoms with Crippen molar-refractivity contribution >= 4 is 29.1 Å². The zero-order chi connectivity index (χ0) is 25.3. The number of anilines is 2. The molecule has 1 aliphatic rings. The average molecular weight is 487 g/mol. The van der Waals surface area contributed by atoms with Crippen molar-refractivity contribution < 1.29 is 19.1 Å². The first-order valence-electron chi connectivity index (χ1n) is 12.0. The van der Waals surface area contributed by atoms with Crippen molar-refractivity contribution in [2.24, 2.45) is 0 Å². The summed E-state index contributed by atoms with van der Waals surface area (Å²) in [7, 11) is 0. The van der Waals surface area contributed by atoms with Crippen molar-refractivity contribution in [1.29, 1.82) is 0 Å². The standard InChI is InChI=1S/C28H30N4O4/c1-20(21-6-3-2-4-7-21)30-27(34)23-8-5-9-25(18-23)29-19-26(33)31-24-12-10-22(11-13-24)28(35)32-14-16-36-17-15-32/h2-13,18,20,29H,14-17,19H2,1H3,(H,30,34)(H,31,33). The number of nitrogens with one attached hydrogen (secondary N) is 3. The molecule has 1 aliphatic heterocycles. The summed E-state index contributed by atoms with van der Waals surface area (Å²) >= 11 is 0. The van der Waals surface area contributed by atoms with Crippen molar-refractivity contribution in [3.8, 4) is 0 Å². The molecule has 8 nitrogen and oxygen atoms in total. The van der Waals surface area contributed by atoms with Gasteiger partial charge in [-0.05, 0) is 55.0 Å². The van der Waals surface area contributed by atoms with Crippen molar-refractivity contribution in [2.45, 2.75) is 13.0 Å². The first-order chi connectivity index (χ1) is 17.5. The Morgan fingerprint density at radius 3 is 2.31 bits per heavy atom. The molecule has 3 N–H and O–H groups in total. The van der Waals surface area contributed by atoms with Gasteiger partial charge in [-0.15, -0.1) is 0 Å². The lowest BCUT2D eigenvalue weighted by atomic mass is 10.1. The number of carbonyl (C=O) groups excluding carboxylic acids is 3. The van der Waals surface area contributed by atoms with Gasteiger partial charge in [-0.1, -0.05) is 36.4 Å². The summed E-state index contributed by atoms with van der Waals surface area (Å²) in [5.41, 5.74) is 3.36. The summed E-state index contributed by atoms with van der Waals surface area (Å²) in [6.45, 7) is 4.22. The maximum absolute atomic E-state index is 12.7. The summed E-state index contributed by atoms with van der Waals surface area (Å²) in [4.78, 5) is 39.4. The van der Waals surface area contributed by atoms with Gasteiger partial charge in [-0.3, -0.25) is 14.4 Å². The third-order valence-corrected chi connectivity index (χ3v) is 5.94. The molecule has 3 aromatic carbocycles. The molecule has 1 atom stereocenters. The molecule has 4 rings (SSSR count). The minimum Gasteiger partial charge on any atom is -0.378 e. The number of nitrogens with zero attached hydrogens (tertiary/aromatic N) is 1. The number of ether oxygens (including phenoxy) is 1. The second-order valence-corrected chi connectivity index (χ2v) is 8.57. The summed E-state index contributed by atoms with van der Waals surface area (Å²) in [6.07, 6.45) is 0. The number of rotatable bonds is 8. The quantitative estimate of drug-likeness (QED) is 0.451. The van der Waals surface area contributed by atoms with E-state index in [0.29, 0.717) is 48.8 Å².